The number of pyridine rings is 2. The molecule has 0 radical (unpaired) electrons. The van der Waals surface area contributed by atoms with Crippen LogP contribution >= 0.6 is 0 Å². The monoisotopic (exact) mass is 332 g/mol. The first-order valence-electron chi connectivity index (χ1n) is 8.07. The van der Waals surface area contributed by atoms with Gasteiger partial charge in [0.25, 0.3) is 0 Å². The Morgan fingerprint density at radius 3 is 2.60 bits per heavy atom. The van der Waals surface area contributed by atoms with Crippen molar-refractivity contribution in [2.24, 2.45) is 0 Å². The molecule has 0 aliphatic carbocycles. The summed E-state index contributed by atoms with van der Waals surface area (Å²) in [5.41, 5.74) is 5.72. The average molecular weight is 332 g/mol. The summed E-state index contributed by atoms with van der Waals surface area (Å²) < 4.78 is 16.5. The zero-order chi connectivity index (χ0) is 17.6. The van der Waals surface area contributed by atoms with Crippen molar-refractivity contribution in [3.63, 3.8) is 0 Å². The number of aromatic nitrogens is 4. The molecule has 5 heteroatoms. The highest BCUT2D eigenvalue weighted by Gasteiger charge is 2.18. The van der Waals surface area contributed by atoms with Crippen molar-refractivity contribution in [3.8, 4) is 17.1 Å². The molecule has 0 saturated carbocycles. The molecule has 0 spiro atoms. The molecule has 3 heterocycles. The minimum atomic E-state index is -0.290. The fourth-order valence-electron chi connectivity index (χ4n) is 3.07. The normalized spacial score (nSPS) is 11.2. The first kappa shape index (κ1) is 15.4. The van der Waals surface area contributed by atoms with Gasteiger partial charge in [-0.2, -0.15) is 0 Å². The molecule has 0 saturated heterocycles. The highest BCUT2D eigenvalue weighted by atomic mass is 19.1. The SMILES string of the molecule is Cc1ccc(-n2c(-c3cnc(C)cc3C)nc3ccncc32)c(F)c1. The largest absolute Gasteiger partial charge is 0.288 e. The van der Waals surface area contributed by atoms with Crippen molar-refractivity contribution in [2.45, 2.75) is 20.8 Å². The van der Waals surface area contributed by atoms with Crippen LogP contribution in [0.15, 0.2) is 48.9 Å². The van der Waals surface area contributed by atoms with E-state index in [-0.39, 0.29) is 5.82 Å². The van der Waals surface area contributed by atoms with Gasteiger partial charge in [0.1, 0.15) is 11.6 Å². The Kier molecular flexibility index (Phi) is 3.57. The molecule has 0 N–H and O–H groups in total. The summed E-state index contributed by atoms with van der Waals surface area (Å²) in [4.78, 5) is 13.3. The van der Waals surface area contributed by atoms with E-state index in [9.17, 15) is 4.39 Å². The Bertz CT molecular complexity index is 1100. The topological polar surface area (TPSA) is 43.6 Å². The van der Waals surface area contributed by atoms with Crippen LogP contribution < -0.4 is 0 Å². The molecule has 0 aliphatic heterocycles. The highest BCUT2D eigenvalue weighted by molar-refractivity contribution is 5.83. The lowest BCUT2D eigenvalue weighted by atomic mass is 10.1. The highest BCUT2D eigenvalue weighted by Crippen LogP contribution is 2.31. The third-order valence-corrected chi connectivity index (χ3v) is 4.29. The molecule has 3 aromatic heterocycles. The van der Waals surface area contributed by atoms with Gasteiger partial charge in [-0.3, -0.25) is 14.5 Å². The number of benzene rings is 1. The summed E-state index contributed by atoms with van der Waals surface area (Å²) in [7, 11) is 0. The van der Waals surface area contributed by atoms with E-state index in [1.54, 1.807) is 24.7 Å². The quantitative estimate of drug-likeness (QED) is 0.541. The first-order chi connectivity index (χ1) is 12.0. The van der Waals surface area contributed by atoms with Gasteiger partial charge in [-0.05, 0) is 56.2 Å². The minimum Gasteiger partial charge on any atom is -0.288 e. The maximum atomic E-state index is 14.7. The Hall–Kier alpha value is -3.08. The summed E-state index contributed by atoms with van der Waals surface area (Å²) in [5.74, 6) is 0.373. The Balaban J connectivity index is 2.08. The van der Waals surface area contributed by atoms with E-state index in [2.05, 4.69) is 9.97 Å². The van der Waals surface area contributed by atoms with Gasteiger partial charge in [0.15, 0.2) is 0 Å². The van der Waals surface area contributed by atoms with E-state index >= 15 is 0 Å². The molecule has 0 fully saturated rings. The molecule has 4 aromatic rings. The van der Waals surface area contributed by atoms with E-state index in [0.717, 1.165) is 33.4 Å². The number of rotatable bonds is 2. The van der Waals surface area contributed by atoms with Gasteiger partial charge < -0.3 is 0 Å². The number of hydrogen-bond donors (Lipinski definition) is 0. The second-order valence-electron chi connectivity index (χ2n) is 6.23. The van der Waals surface area contributed by atoms with Crippen LogP contribution in [0.3, 0.4) is 0 Å². The van der Waals surface area contributed by atoms with Crippen LogP contribution in [0.5, 0.6) is 0 Å². The van der Waals surface area contributed by atoms with E-state index < -0.39 is 0 Å². The molecule has 0 bridgehead atoms. The Labute approximate surface area is 145 Å². The zero-order valence-electron chi connectivity index (χ0n) is 14.3. The van der Waals surface area contributed by atoms with Crippen molar-refractivity contribution in [3.05, 3.63) is 71.6 Å². The summed E-state index contributed by atoms with van der Waals surface area (Å²) in [6.07, 6.45) is 5.19. The maximum Gasteiger partial charge on any atom is 0.147 e. The minimum absolute atomic E-state index is 0.290. The van der Waals surface area contributed by atoms with Gasteiger partial charge in [0, 0.05) is 23.7 Å². The van der Waals surface area contributed by atoms with Crippen molar-refractivity contribution in [1.29, 1.82) is 0 Å². The van der Waals surface area contributed by atoms with Gasteiger partial charge in [0.2, 0.25) is 0 Å². The van der Waals surface area contributed by atoms with E-state index in [1.165, 1.54) is 6.07 Å². The number of fused-ring (bicyclic) bond motifs is 1. The molecular weight excluding hydrogens is 315 g/mol. The van der Waals surface area contributed by atoms with Gasteiger partial charge in [-0.1, -0.05) is 6.07 Å². The predicted octanol–water partition coefficient (Wildman–Crippen LogP) is 4.55. The molecule has 1 aromatic carbocycles. The molecule has 0 atom stereocenters. The van der Waals surface area contributed by atoms with Crippen LogP contribution in [-0.2, 0) is 0 Å². The van der Waals surface area contributed by atoms with Gasteiger partial charge in [0.05, 0.1) is 22.9 Å². The molecule has 0 amide bonds. The number of aryl methyl sites for hydroxylation is 3. The molecule has 0 aliphatic rings. The number of nitrogens with zero attached hydrogens (tertiary/aromatic N) is 4. The summed E-state index contributed by atoms with van der Waals surface area (Å²) >= 11 is 0. The van der Waals surface area contributed by atoms with Crippen molar-refractivity contribution in [1.82, 2.24) is 19.5 Å². The zero-order valence-corrected chi connectivity index (χ0v) is 14.3. The second-order valence-corrected chi connectivity index (χ2v) is 6.23. The predicted molar refractivity (Wildman–Crippen MR) is 96.3 cm³/mol. The molecular formula is C20H17FN4. The van der Waals surface area contributed by atoms with Gasteiger partial charge >= 0.3 is 0 Å². The standard InChI is InChI=1S/C20H17FN4/c1-12-4-5-18(16(21)8-12)25-19-11-22-7-6-17(19)24-20(25)15-10-23-14(3)9-13(15)2/h4-11H,1-3H3. The van der Waals surface area contributed by atoms with Crippen molar-refractivity contribution < 1.29 is 4.39 Å². The lowest BCUT2D eigenvalue weighted by Gasteiger charge is -2.12. The van der Waals surface area contributed by atoms with Gasteiger partial charge in [-0.15, -0.1) is 0 Å². The Morgan fingerprint density at radius 1 is 1.00 bits per heavy atom. The van der Waals surface area contributed by atoms with Crippen LogP contribution in [-0.4, -0.2) is 19.5 Å². The first-order valence-corrected chi connectivity index (χ1v) is 8.07. The van der Waals surface area contributed by atoms with Crippen LogP contribution in [0.1, 0.15) is 16.8 Å². The second kappa shape index (κ2) is 5.77. The van der Waals surface area contributed by atoms with E-state index in [0.29, 0.717) is 11.5 Å². The van der Waals surface area contributed by atoms with E-state index in [4.69, 9.17) is 4.98 Å². The van der Waals surface area contributed by atoms with Crippen LogP contribution in [0, 0.1) is 26.6 Å². The number of imidazole rings is 1. The molecule has 0 unspecified atom stereocenters. The van der Waals surface area contributed by atoms with Crippen molar-refractivity contribution >= 4 is 11.0 Å². The fraction of sp³-hybridized carbons (Fsp3) is 0.150. The van der Waals surface area contributed by atoms with Crippen LogP contribution in [0.25, 0.3) is 28.1 Å². The lowest BCUT2D eigenvalue weighted by molar-refractivity contribution is 0.618. The lowest BCUT2D eigenvalue weighted by Crippen LogP contribution is -2.02. The van der Waals surface area contributed by atoms with Gasteiger partial charge in [-0.25, -0.2) is 9.37 Å². The third-order valence-electron chi connectivity index (χ3n) is 4.29. The number of hydrogen-bond acceptors (Lipinski definition) is 3. The average Bonchev–Trinajstić information content (AvgIpc) is 2.94. The smallest absolute Gasteiger partial charge is 0.147 e. The maximum absolute atomic E-state index is 14.7. The summed E-state index contributed by atoms with van der Waals surface area (Å²) in [5, 5.41) is 0. The van der Waals surface area contributed by atoms with Crippen molar-refractivity contribution in [2.75, 3.05) is 0 Å². The molecule has 4 rings (SSSR count). The van der Waals surface area contributed by atoms with Crippen LogP contribution in [0.4, 0.5) is 4.39 Å². The molecule has 25 heavy (non-hydrogen) atoms. The van der Waals surface area contributed by atoms with E-state index in [1.807, 2.05) is 43.5 Å². The summed E-state index contributed by atoms with van der Waals surface area (Å²) in [6, 6.07) is 9.03. The fourth-order valence-corrected chi connectivity index (χ4v) is 3.07. The Morgan fingerprint density at radius 2 is 1.84 bits per heavy atom. The summed E-state index contributed by atoms with van der Waals surface area (Å²) in [6.45, 7) is 5.83. The number of halogens is 1. The molecule has 124 valence electrons. The third kappa shape index (κ3) is 2.58. The van der Waals surface area contributed by atoms with Crippen LogP contribution in [0.2, 0.25) is 0 Å². The molecule has 4 nitrogen and oxygen atoms in total.